The van der Waals surface area contributed by atoms with Crippen molar-refractivity contribution in [1.29, 1.82) is 0 Å². The third-order valence-electron chi connectivity index (χ3n) is 8.75. The summed E-state index contributed by atoms with van der Waals surface area (Å²) in [5, 5.41) is 4.27. The van der Waals surface area contributed by atoms with Gasteiger partial charge in [-0.05, 0) is 68.9 Å². The molecule has 42 heavy (non-hydrogen) atoms. The number of alkyl carbamates (subject to hydrolysis) is 1. The van der Waals surface area contributed by atoms with Gasteiger partial charge in [0, 0.05) is 29.2 Å². The number of amides is 3. The van der Waals surface area contributed by atoms with Gasteiger partial charge < -0.3 is 25.2 Å². The first-order valence-electron chi connectivity index (χ1n) is 14.7. The number of carbonyl (C=O) groups excluding carboxylic acids is 3. The van der Waals surface area contributed by atoms with Crippen molar-refractivity contribution in [3.8, 4) is 0 Å². The Labute approximate surface area is 252 Å². The Balaban J connectivity index is 1.47. The molecule has 3 N–H and O–H groups in total. The van der Waals surface area contributed by atoms with Crippen molar-refractivity contribution < 1.29 is 33.0 Å². The minimum atomic E-state index is -4.08. The van der Waals surface area contributed by atoms with Crippen molar-refractivity contribution in [3.05, 3.63) is 47.3 Å². The molecule has 1 saturated heterocycles. The summed E-state index contributed by atoms with van der Waals surface area (Å²) in [6.07, 6.45) is 5.08. The number of rotatable bonds is 10. The van der Waals surface area contributed by atoms with E-state index >= 15 is 0 Å². The fraction of sp³-hybridized carbons (Fsp3) is 0.633. The fourth-order valence-electron chi connectivity index (χ4n) is 6.15. The second kappa shape index (κ2) is 12.7. The van der Waals surface area contributed by atoms with Gasteiger partial charge in [-0.25, -0.2) is 9.18 Å². The van der Waals surface area contributed by atoms with E-state index in [1.54, 1.807) is 0 Å². The van der Waals surface area contributed by atoms with Crippen LogP contribution in [0.2, 0.25) is 5.02 Å². The molecule has 3 amide bonds. The highest BCUT2D eigenvalue weighted by atomic mass is 35.5. The van der Waals surface area contributed by atoms with Crippen LogP contribution in [0.1, 0.15) is 71.3 Å². The molecule has 0 bridgehead atoms. The van der Waals surface area contributed by atoms with Crippen LogP contribution in [-0.4, -0.2) is 63.9 Å². The molecule has 0 spiro atoms. The number of ether oxygens (including phenoxy) is 1. The van der Waals surface area contributed by atoms with Crippen molar-refractivity contribution >= 4 is 36.9 Å². The lowest BCUT2D eigenvalue weighted by Crippen LogP contribution is -2.58. The van der Waals surface area contributed by atoms with Gasteiger partial charge in [-0.15, -0.1) is 6.58 Å². The van der Waals surface area contributed by atoms with E-state index < -0.39 is 59.8 Å². The summed E-state index contributed by atoms with van der Waals surface area (Å²) in [4.78, 5) is 52.8. The lowest BCUT2D eigenvalue weighted by Gasteiger charge is -2.36. The first kappa shape index (κ1) is 32.5. The molecule has 12 heteroatoms. The number of carbonyl (C=O) groups is 3. The molecule has 2 saturated carbocycles. The number of hydrogen-bond acceptors (Lipinski definition) is 5. The highest BCUT2D eigenvalue weighted by molar-refractivity contribution is 7.60. The standard InChI is InChI=1S/C30H42ClFN3O6P/c1-5-19-18-30(19,42(39,40)17-15-21-22(31)12-8-13-23(21)32)34-26(36)24-14-9-16-35(24)27(37)25(29(2,3)4)33-28(38)41-20-10-6-7-11-20/h5,8,12-13,19-20,24-25H,1,6-7,9-11,14-18H2,2-4H3,(H,33,38)(H,34,36)(H,39,40)/t19-,24+,25-,30+/m1/s1. The summed E-state index contributed by atoms with van der Waals surface area (Å²) in [6, 6.07) is 2.40. The number of hydrogen-bond donors (Lipinski definition) is 3. The molecule has 0 radical (unpaired) electrons. The molecule has 3 aliphatic rings. The zero-order chi connectivity index (χ0) is 30.9. The van der Waals surface area contributed by atoms with E-state index in [1.807, 2.05) is 20.8 Å². The highest BCUT2D eigenvalue weighted by Crippen LogP contribution is 2.69. The summed E-state index contributed by atoms with van der Waals surface area (Å²) >= 11 is 6.12. The summed E-state index contributed by atoms with van der Waals surface area (Å²) in [6.45, 7) is 9.55. The van der Waals surface area contributed by atoms with Gasteiger partial charge in [0.05, 0.1) is 0 Å². The molecule has 232 valence electrons. The van der Waals surface area contributed by atoms with Crippen LogP contribution >= 0.6 is 19.0 Å². The normalized spacial score (nSPS) is 26.3. The van der Waals surface area contributed by atoms with E-state index in [9.17, 15) is 28.2 Å². The van der Waals surface area contributed by atoms with Crippen LogP contribution in [-0.2, 0) is 25.3 Å². The van der Waals surface area contributed by atoms with Crippen LogP contribution in [0, 0.1) is 17.2 Å². The number of halogens is 2. The smallest absolute Gasteiger partial charge is 0.408 e. The zero-order valence-electron chi connectivity index (χ0n) is 24.5. The Morgan fingerprint density at radius 1 is 1.26 bits per heavy atom. The van der Waals surface area contributed by atoms with E-state index in [-0.39, 0.29) is 35.7 Å². The molecule has 4 rings (SSSR count). The van der Waals surface area contributed by atoms with Gasteiger partial charge in [-0.2, -0.15) is 0 Å². The second-order valence-electron chi connectivity index (χ2n) is 12.8. The number of nitrogens with one attached hydrogen (secondary N) is 2. The topological polar surface area (TPSA) is 125 Å². The quantitative estimate of drug-likeness (QED) is 0.237. The highest BCUT2D eigenvalue weighted by Gasteiger charge is 2.65. The summed E-state index contributed by atoms with van der Waals surface area (Å²) < 4.78 is 33.6. The number of likely N-dealkylation sites (tertiary alicyclic amines) is 1. The van der Waals surface area contributed by atoms with E-state index in [0.717, 1.165) is 25.7 Å². The Bertz CT molecular complexity index is 1250. The van der Waals surface area contributed by atoms with Gasteiger partial charge in [0.15, 0.2) is 0 Å². The average Bonchev–Trinajstić information content (AvgIpc) is 3.23. The van der Waals surface area contributed by atoms with Crippen molar-refractivity contribution in [2.45, 2.75) is 95.6 Å². The third kappa shape index (κ3) is 6.87. The van der Waals surface area contributed by atoms with Crippen molar-refractivity contribution in [2.24, 2.45) is 11.3 Å². The predicted molar refractivity (Wildman–Crippen MR) is 159 cm³/mol. The zero-order valence-corrected chi connectivity index (χ0v) is 26.2. The van der Waals surface area contributed by atoms with E-state index in [1.165, 1.54) is 29.2 Å². The van der Waals surface area contributed by atoms with Crippen LogP contribution in [0.25, 0.3) is 0 Å². The minimum absolute atomic E-state index is 0.0787. The lowest BCUT2D eigenvalue weighted by atomic mass is 9.85. The molecular formula is C30H42ClFN3O6P. The number of benzene rings is 1. The van der Waals surface area contributed by atoms with Crippen LogP contribution in [0.3, 0.4) is 0 Å². The summed E-state index contributed by atoms with van der Waals surface area (Å²) in [5.74, 6) is -1.96. The van der Waals surface area contributed by atoms with Crippen molar-refractivity contribution in [1.82, 2.24) is 15.5 Å². The monoisotopic (exact) mass is 625 g/mol. The van der Waals surface area contributed by atoms with Crippen molar-refractivity contribution in [2.75, 3.05) is 12.7 Å². The molecule has 1 heterocycles. The van der Waals surface area contributed by atoms with Gasteiger partial charge in [0.1, 0.15) is 29.3 Å². The van der Waals surface area contributed by atoms with Crippen LogP contribution in [0.15, 0.2) is 30.9 Å². The van der Waals surface area contributed by atoms with E-state index in [0.29, 0.717) is 19.4 Å². The Hall–Kier alpha value is -2.42. The largest absolute Gasteiger partial charge is 0.446 e. The minimum Gasteiger partial charge on any atom is -0.446 e. The van der Waals surface area contributed by atoms with Gasteiger partial charge >= 0.3 is 6.09 Å². The van der Waals surface area contributed by atoms with Gasteiger partial charge in [-0.3, -0.25) is 14.2 Å². The SMILES string of the molecule is C=C[C@@H]1C[C@]1(NC(=O)[C@@H]1CCCN1C(=O)[C@@H](NC(=O)OC1CCCC1)C(C)(C)C)P(=O)(O)CCc1c(F)cccc1Cl. The lowest BCUT2D eigenvalue weighted by molar-refractivity contribution is -0.142. The van der Waals surface area contributed by atoms with E-state index in [4.69, 9.17) is 16.3 Å². The Morgan fingerprint density at radius 3 is 2.55 bits per heavy atom. The maximum absolute atomic E-state index is 14.3. The first-order valence-corrected chi connectivity index (χ1v) is 16.9. The first-order chi connectivity index (χ1) is 19.7. The molecule has 1 aliphatic heterocycles. The summed E-state index contributed by atoms with van der Waals surface area (Å²) in [7, 11) is -4.08. The van der Waals surface area contributed by atoms with E-state index in [2.05, 4.69) is 17.2 Å². The molecule has 1 aromatic rings. The second-order valence-corrected chi connectivity index (χ2v) is 15.8. The molecule has 2 aliphatic carbocycles. The molecule has 3 fully saturated rings. The predicted octanol–water partition coefficient (Wildman–Crippen LogP) is 5.38. The molecule has 9 nitrogen and oxygen atoms in total. The fourth-order valence-corrected chi connectivity index (χ4v) is 8.72. The molecular weight excluding hydrogens is 584 g/mol. The Morgan fingerprint density at radius 2 is 1.95 bits per heavy atom. The molecule has 5 atom stereocenters. The van der Waals surface area contributed by atoms with Gasteiger partial charge in [-0.1, -0.05) is 44.5 Å². The Kier molecular flexibility index (Phi) is 9.80. The maximum atomic E-state index is 14.3. The molecule has 1 unspecified atom stereocenters. The van der Waals surface area contributed by atoms with Crippen LogP contribution in [0.4, 0.5) is 9.18 Å². The average molecular weight is 626 g/mol. The third-order valence-corrected chi connectivity index (χ3v) is 11.8. The molecule has 0 aromatic heterocycles. The van der Waals surface area contributed by atoms with Crippen LogP contribution in [0.5, 0.6) is 0 Å². The van der Waals surface area contributed by atoms with Gasteiger partial charge in [0.25, 0.3) is 0 Å². The van der Waals surface area contributed by atoms with Gasteiger partial charge in [0.2, 0.25) is 19.2 Å². The van der Waals surface area contributed by atoms with Crippen molar-refractivity contribution in [3.63, 3.8) is 0 Å². The number of nitrogens with zero attached hydrogens (tertiary/aromatic N) is 1. The summed E-state index contributed by atoms with van der Waals surface area (Å²) in [5.41, 5.74) is -0.527. The van der Waals surface area contributed by atoms with Crippen LogP contribution < -0.4 is 10.6 Å². The maximum Gasteiger partial charge on any atom is 0.408 e. The molecule has 1 aromatic carbocycles.